The number of hydrogen-bond acceptors (Lipinski definition) is 3. The van der Waals surface area contributed by atoms with Crippen LogP contribution in [0.3, 0.4) is 0 Å². The number of carbonyl (C=O) groups is 2. The summed E-state index contributed by atoms with van der Waals surface area (Å²) >= 11 is 0. The summed E-state index contributed by atoms with van der Waals surface area (Å²) in [7, 11) is 0. The van der Waals surface area contributed by atoms with Crippen molar-refractivity contribution < 1.29 is 9.59 Å². The molecule has 2 amide bonds. The van der Waals surface area contributed by atoms with E-state index >= 15 is 0 Å². The van der Waals surface area contributed by atoms with Gasteiger partial charge >= 0.3 is 0 Å². The quantitative estimate of drug-likeness (QED) is 0.804. The molecule has 3 fully saturated rings. The van der Waals surface area contributed by atoms with E-state index in [2.05, 4.69) is 5.32 Å². The van der Waals surface area contributed by atoms with Gasteiger partial charge in [-0.15, -0.1) is 12.4 Å². The van der Waals surface area contributed by atoms with E-state index in [-0.39, 0.29) is 48.9 Å². The molecule has 2 aliphatic carbocycles. The first kappa shape index (κ1) is 16.6. The van der Waals surface area contributed by atoms with E-state index in [9.17, 15) is 9.59 Å². The summed E-state index contributed by atoms with van der Waals surface area (Å²) in [4.78, 5) is 26.2. The van der Waals surface area contributed by atoms with Gasteiger partial charge in [-0.25, -0.2) is 0 Å². The van der Waals surface area contributed by atoms with Gasteiger partial charge in [-0.05, 0) is 31.6 Å². The van der Waals surface area contributed by atoms with Crippen LogP contribution < -0.4 is 11.1 Å². The number of nitrogens with two attached hydrogens (primary N) is 1. The number of piperazine rings is 1. The Morgan fingerprint density at radius 3 is 2.67 bits per heavy atom. The second-order valence-corrected chi connectivity index (χ2v) is 6.61. The van der Waals surface area contributed by atoms with E-state index < -0.39 is 0 Å². The van der Waals surface area contributed by atoms with E-state index in [4.69, 9.17) is 5.73 Å². The molecule has 0 aromatic rings. The maximum Gasteiger partial charge on any atom is 0.239 e. The Balaban J connectivity index is 0.00000161. The van der Waals surface area contributed by atoms with E-state index in [1.807, 2.05) is 4.90 Å². The van der Waals surface area contributed by atoms with Crippen LogP contribution in [0.5, 0.6) is 0 Å². The van der Waals surface area contributed by atoms with Gasteiger partial charge in [0.25, 0.3) is 0 Å². The van der Waals surface area contributed by atoms with Crippen molar-refractivity contribution in [1.29, 1.82) is 0 Å². The number of fused-ring (bicyclic) bond motifs is 1. The molecule has 3 rings (SSSR count). The first-order valence-electron chi connectivity index (χ1n) is 7.99. The molecule has 3 N–H and O–H groups in total. The van der Waals surface area contributed by atoms with Gasteiger partial charge in [0.05, 0.1) is 12.6 Å². The number of rotatable bonds is 2. The lowest BCUT2D eigenvalue weighted by Gasteiger charge is -2.44. The minimum atomic E-state index is -0.00257. The molecule has 2 saturated carbocycles. The van der Waals surface area contributed by atoms with E-state index in [1.165, 1.54) is 0 Å². The van der Waals surface area contributed by atoms with Crippen LogP contribution >= 0.6 is 12.4 Å². The van der Waals surface area contributed by atoms with Gasteiger partial charge in [0.2, 0.25) is 11.8 Å². The van der Waals surface area contributed by atoms with Gasteiger partial charge in [0.1, 0.15) is 0 Å². The molecule has 1 heterocycles. The predicted molar refractivity (Wildman–Crippen MR) is 83.1 cm³/mol. The molecule has 1 saturated heterocycles. The SMILES string of the molecule is Cl.N[C@@H]1CCC[C@H]1CC(=O)N1CC(=O)NC2CCCCC21. The number of carbonyl (C=O) groups excluding carboxylic acids is 2. The third kappa shape index (κ3) is 3.51. The molecular weight excluding hydrogens is 290 g/mol. The number of nitrogens with one attached hydrogen (secondary N) is 1. The molecular formula is C15H26ClN3O2. The summed E-state index contributed by atoms with van der Waals surface area (Å²) in [6.07, 6.45) is 8.08. The first-order chi connectivity index (χ1) is 9.65. The molecule has 3 aliphatic rings. The highest BCUT2D eigenvalue weighted by Gasteiger charge is 2.39. The van der Waals surface area contributed by atoms with Gasteiger partial charge < -0.3 is 16.0 Å². The summed E-state index contributed by atoms with van der Waals surface area (Å²) in [5, 5.41) is 3.05. The van der Waals surface area contributed by atoms with Gasteiger partial charge in [-0.2, -0.15) is 0 Å². The van der Waals surface area contributed by atoms with Crippen LogP contribution in [-0.2, 0) is 9.59 Å². The molecule has 0 radical (unpaired) electrons. The van der Waals surface area contributed by atoms with Gasteiger partial charge in [-0.3, -0.25) is 9.59 Å². The normalized spacial score (nSPS) is 35.7. The summed E-state index contributed by atoms with van der Waals surface area (Å²) < 4.78 is 0. The zero-order valence-corrected chi connectivity index (χ0v) is 13.2. The van der Waals surface area contributed by atoms with E-state index in [1.54, 1.807) is 0 Å². The highest BCUT2D eigenvalue weighted by molar-refractivity contribution is 5.87. The van der Waals surface area contributed by atoms with Crippen LogP contribution in [0.4, 0.5) is 0 Å². The number of halogens is 1. The molecule has 1 aliphatic heterocycles. The lowest BCUT2D eigenvalue weighted by atomic mass is 9.87. The largest absolute Gasteiger partial charge is 0.350 e. The summed E-state index contributed by atoms with van der Waals surface area (Å²) in [6, 6.07) is 0.553. The predicted octanol–water partition coefficient (Wildman–Crippen LogP) is 1.20. The Labute approximate surface area is 132 Å². The lowest BCUT2D eigenvalue weighted by Crippen LogP contribution is -2.63. The zero-order valence-electron chi connectivity index (χ0n) is 12.4. The molecule has 4 atom stereocenters. The van der Waals surface area contributed by atoms with Gasteiger partial charge in [-0.1, -0.05) is 19.3 Å². The minimum Gasteiger partial charge on any atom is -0.350 e. The molecule has 0 spiro atoms. The highest BCUT2D eigenvalue weighted by atomic mass is 35.5. The second-order valence-electron chi connectivity index (χ2n) is 6.61. The van der Waals surface area contributed by atoms with Crippen molar-refractivity contribution >= 4 is 24.2 Å². The van der Waals surface area contributed by atoms with Crippen molar-refractivity contribution in [1.82, 2.24) is 10.2 Å². The molecule has 0 aromatic heterocycles. The Hall–Kier alpha value is -0.810. The molecule has 6 heteroatoms. The lowest BCUT2D eigenvalue weighted by molar-refractivity contribution is -0.145. The first-order valence-corrected chi connectivity index (χ1v) is 7.99. The van der Waals surface area contributed by atoms with Crippen molar-refractivity contribution in [2.45, 2.75) is 69.5 Å². The van der Waals surface area contributed by atoms with Crippen LogP contribution in [0.25, 0.3) is 0 Å². The van der Waals surface area contributed by atoms with Gasteiger partial charge in [0, 0.05) is 18.5 Å². The highest BCUT2D eigenvalue weighted by Crippen LogP contribution is 2.30. The summed E-state index contributed by atoms with van der Waals surface area (Å²) in [5.41, 5.74) is 6.07. The Morgan fingerprint density at radius 2 is 1.95 bits per heavy atom. The maximum absolute atomic E-state index is 12.6. The van der Waals surface area contributed by atoms with Crippen LogP contribution in [-0.4, -0.2) is 41.4 Å². The molecule has 0 bridgehead atoms. The number of amides is 2. The average molecular weight is 316 g/mol. The minimum absolute atomic E-state index is 0. The van der Waals surface area contributed by atoms with Crippen molar-refractivity contribution in [3.8, 4) is 0 Å². The van der Waals surface area contributed by atoms with Gasteiger partial charge in [0.15, 0.2) is 0 Å². The Bertz CT molecular complexity index is 404. The average Bonchev–Trinajstić information content (AvgIpc) is 2.83. The van der Waals surface area contributed by atoms with Crippen molar-refractivity contribution in [3.63, 3.8) is 0 Å². The van der Waals surface area contributed by atoms with Crippen LogP contribution in [0.15, 0.2) is 0 Å². The molecule has 21 heavy (non-hydrogen) atoms. The topological polar surface area (TPSA) is 75.4 Å². The summed E-state index contributed by atoms with van der Waals surface area (Å²) in [6.45, 7) is 0.238. The van der Waals surface area contributed by atoms with E-state index in [0.717, 1.165) is 44.9 Å². The molecule has 120 valence electrons. The van der Waals surface area contributed by atoms with E-state index in [0.29, 0.717) is 12.3 Å². The fraction of sp³-hybridized carbons (Fsp3) is 0.867. The standard InChI is InChI=1S/C15H25N3O2.ClH/c16-11-5-3-4-10(11)8-15(20)18-9-14(19)17-12-6-1-2-7-13(12)18;/h10-13H,1-9,16H2,(H,17,19);1H/t10-,11+,12?,13?;/m0./s1. The molecule has 0 aromatic carbocycles. The summed E-state index contributed by atoms with van der Waals surface area (Å²) in [5.74, 6) is 0.450. The fourth-order valence-electron chi connectivity index (χ4n) is 4.11. The smallest absolute Gasteiger partial charge is 0.239 e. The zero-order chi connectivity index (χ0) is 14.1. The third-order valence-corrected chi connectivity index (χ3v) is 5.27. The third-order valence-electron chi connectivity index (χ3n) is 5.27. The van der Waals surface area contributed by atoms with Crippen LogP contribution in [0.2, 0.25) is 0 Å². The molecule has 2 unspecified atom stereocenters. The Morgan fingerprint density at radius 1 is 1.19 bits per heavy atom. The maximum atomic E-state index is 12.6. The number of hydrogen-bond donors (Lipinski definition) is 2. The monoisotopic (exact) mass is 315 g/mol. The van der Waals surface area contributed by atoms with Crippen molar-refractivity contribution in [2.75, 3.05) is 6.54 Å². The van der Waals surface area contributed by atoms with Crippen LogP contribution in [0.1, 0.15) is 51.4 Å². The van der Waals surface area contributed by atoms with Crippen LogP contribution in [0, 0.1) is 5.92 Å². The number of nitrogens with zero attached hydrogens (tertiary/aromatic N) is 1. The molecule has 5 nitrogen and oxygen atoms in total. The fourth-order valence-corrected chi connectivity index (χ4v) is 4.11. The Kier molecular flexibility index (Phi) is 5.49. The second kappa shape index (κ2) is 6.97. The van der Waals surface area contributed by atoms with Crippen molar-refractivity contribution in [2.24, 2.45) is 11.7 Å². The van der Waals surface area contributed by atoms with Crippen molar-refractivity contribution in [3.05, 3.63) is 0 Å².